The van der Waals surface area contributed by atoms with E-state index in [9.17, 15) is 18.0 Å². The van der Waals surface area contributed by atoms with E-state index in [0.717, 1.165) is 24.3 Å². The van der Waals surface area contributed by atoms with Crippen LogP contribution in [-0.2, 0) is 11.2 Å². The van der Waals surface area contributed by atoms with Crippen LogP contribution in [0.4, 0.5) is 13.2 Å². The summed E-state index contributed by atoms with van der Waals surface area (Å²) in [7, 11) is 0. The molecule has 0 aromatic heterocycles. The Bertz CT molecular complexity index is 618. The summed E-state index contributed by atoms with van der Waals surface area (Å²) in [6.45, 7) is 0. The zero-order chi connectivity index (χ0) is 14.0. The number of carbonyl (C=O) groups is 1. The summed E-state index contributed by atoms with van der Waals surface area (Å²) in [5.74, 6) is -3.32. The van der Waals surface area contributed by atoms with E-state index in [1.165, 1.54) is 6.07 Å². The van der Waals surface area contributed by atoms with Crippen LogP contribution in [0, 0.1) is 17.5 Å². The van der Waals surface area contributed by atoms with Crippen LogP contribution in [-0.4, -0.2) is 11.1 Å². The number of hydrogen-bond donors (Lipinski definition) is 1. The van der Waals surface area contributed by atoms with Gasteiger partial charge in [0.2, 0.25) is 0 Å². The largest absolute Gasteiger partial charge is 0.481 e. The van der Waals surface area contributed by atoms with Crippen LogP contribution in [0.5, 0.6) is 0 Å². The minimum absolute atomic E-state index is 0.105. The Balaban J connectivity index is 2.58. The van der Waals surface area contributed by atoms with Crippen LogP contribution < -0.4 is 0 Å². The summed E-state index contributed by atoms with van der Waals surface area (Å²) in [6.07, 6.45) is -0.353. The number of aliphatic carboxylic acids is 1. The lowest BCUT2D eigenvalue weighted by Gasteiger charge is -2.09. The maximum Gasteiger partial charge on any atom is 0.307 e. The van der Waals surface area contributed by atoms with Gasteiger partial charge in [-0.2, -0.15) is 0 Å². The van der Waals surface area contributed by atoms with Crippen LogP contribution in [0.15, 0.2) is 36.4 Å². The molecule has 5 heteroatoms. The molecule has 0 heterocycles. The van der Waals surface area contributed by atoms with Gasteiger partial charge in [-0.3, -0.25) is 4.79 Å². The van der Waals surface area contributed by atoms with E-state index in [1.54, 1.807) is 0 Å². The SMILES string of the molecule is O=C(O)Cc1ccc(F)cc1-c1cc(F)cc(F)c1. The summed E-state index contributed by atoms with van der Waals surface area (Å²) >= 11 is 0. The molecule has 98 valence electrons. The van der Waals surface area contributed by atoms with E-state index in [1.807, 2.05) is 0 Å². The fourth-order valence-electron chi connectivity index (χ4n) is 1.84. The van der Waals surface area contributed by atoms with Crippen LogP contribution >= 0.6 is 0 Å². The Morgan fingerprint density at radius 3 is 2.16 bits per heavy atom. The van der Waals surface area contributed by atoms with Crippen LogP contribution in [0.25, 0.3) is 11.1 Å². The Morgan fingerprint density at radius 2 is 1.58 bits per heavy atom. The third kappa shape index (κ3) is 3.13. The van der Waals surface area contributed by atoms with E-state index >= 15 is 0 Å². The zero-order valence-electron chi connectivity index (χ0n) is 9.66. The molecule has 0 saturated carbocycles. The molecule has 2 aromatic rings. The third-order valence-corrected chi connectivity index (χ3v) is 2.59. The molecule has 1 N–H and O–H groups in total. The highest BCUT2D eigenvalue weighted by Gasteiger charge is 2.12. The summed E-state index contributed by atoms with van der Waals surface area (Å²) in [6, 6.07) is 6.22. The third-order valence-electron chi connectivity index (χ3n) is 2.59. The molecule has 0 atom stereocenters. The zero-order valence-corrected chi connectivity index (χ0v) is 9.66. The lowest BCUT2D eigenvalue weighted by atomic mass is 9.97. The van der Waals surface area contributed by atoms with Gasteiger partial charge in [0, 0.05) is 6.07 Å². The molecule has 2 rings (SSSR count). The first-order valence-electron chi connectivity index (χ1n) is 5.42. The van der Waals surface area contributed by atoms with Crippen LogP contribution in [0.2, 0.25) is 0 Å². The molecular formula is C14H9F3O2. The van der Waals surface area contributed by atoms with Crippen molar-refractivity contribution in [3.05, 3.63) is 59.4 Å². The molecular weight excluding hydrogens is 257 g/mol. The quantitative estimate of drug-likeness (QED) is 0.924. The Hall–Kier alpha value is -2.30. The number of halogens is 3. The van der Waals surface area contributed by atoms with Gasteiger partial charge in [-0.05, 0) is 41.0 Å². The normalized spacial score (nSPS) is 10.5. The smallest absolute Gasteiger partial charge is 0.307 e. The average Bonchev–Trinajstić information content (AvgIpc) is 2.29. The first-order chi connectivity index (χ1) is 8.95. The van der Waals surface area contributed by atoms with Gasteiger partial charge in [-0.1, -0.05) is 6.07 Å². The molecule has 19 heavy (non-hydrogen) atoms. The lowest BCUT2D eigenvalue weighted by molar-refractivity contribution is -0.136. The first kappa shape index (κ1) is 13.1. The van der Waals surface area contributed by atoms with Crippen molar-refractivity contribution in [2.75, 3.05) is 0 Å². The van der Waals surface area contributed by atoms with Crippen molar-refractivity contribution in [1.82, 2.24) is 0 Å². The summed E-state index contributed by atoms with van der Waals surface area (Å²) < 4.78 is 39.6. The van der Waals surface area contributed by atoms with Crippen LogP contribution in [0.1, 0.15) is 5.56 Å². The Morgan fingerprint density at radius 1 is 0.947 bits per heavy atom. The van der Waals surface area contributed by atoms with Gasteiger partial charge in [-0.15, -0.1) is 0 Å². The molecule has 0 fully saturated rings. The molecule has 0 aliphatic rings. The predicted molar refractivity (Wildman–Crippen MR) is 63.1 cm³/mol. The second-order valence-corrected chi connectivity index (χ2v) is 4.03. The van der Waals surface area contributed by atoms with E-state index in [2.05, 4.69) is 0 Å². The van der Waals surface area contributed by atoms with E-state index in [0.29, 0.717) is 11.6 Å². The highest BCUT2D eigenvalue weighted by atomic mass is 19.1. The standard InChI is InChI=1S/C14H9F3O2/c15-10-2-1-8(5-14(18)19)13(7-10)9-3-11(16)6-12(17)4-9/h1-4,6-7H,5H2,(H,18,19). The highest BCUT2D eigenvalue weighted by molar-refractivity contribution is 5.76. The number of benzene rings is 2. The first-order valence-corrected chi connectivity index (χ1v) is 5.42. The molecule has 0 aliphatic carbocycles. The fourth-order valence-corrected chi connectivity index (χ4v) is 1.84. The van der Waals surface area contributed by atoms with Gasteiger partial charge in [0.1, 0.15) is 17.5 Å². The number of carboxylic acid groups (broad SMARTS) is 1. The fraction of sp³-hybridized carbons (Fsp3) is 0.0714. The van der Waals surface area contributed by atoms with Crippen molar-refractivity contribution in [3.63, 3.8) is 0 Å². The van der Waals surface area contributed by atoms with Crippen molar-refractivity contribution in [2.24, 2.45) is 0 Å². The second-order valence-electron chi connectivity index (χ2n) is 4.03. The van der Waals surface area contributed by atoms with E-state index in [-0.39, 0.29) is 17.5 Å². The minimum atomic E-state index is -1.11. The average molecular weight is 266 g/mol. The Labute approximate surface area is 107 Å². The topological polar surface area (TPSA) is 37.3 Å². The van der Waals surface area contributed by atoms with Gasteiger partial charge in [0.05, 0.1) is 6.42 Å². The molecule has 0 spiro atoms. The highest BCUT2D eigenvalue weighted by Crippen LogP contribution is 2.27. The molecule has 2 aromatic carbocycles. The Kier molecular flexibility index (Phi) is 3.55. The molecule has 0 saturated heterocycles. The molecule has 0 bridgehead atoms. The molecule has 0 amide bonds. The van der Waals surface area contributed by atoms with Crippen molar-refractivity contribution >= 4 is 5.97 Å². The second kappa shape index (κ2) is 5.14. The maximum absolute atomic E-state index is 13.2. The van der Waals surface area contributed by atoms with Gasteiger partial charge in [0.25, 0.3) is 0 Å². The summed E-state index contributed by atoms with van der Waals surface area (Å²) in [4.78, 5) is 10.7. The molecule has 0 aliphatic heterocycles. The van der Waals surface area contributed by atoms with Gasteiger partial charge < -0.3 is 5.11 Å². The van der Waals surface area contributed by atoms with Crippen molar-refractivity contribution < 1.29 is 23.1 Å². The van der Waals surface area contributed by atoms with Gasteiger partial charge in [0.15, 0.2) is 0 Å². The van der Waals surface area contributed by atoms with E-state index in [4.69, 9.17) is 5.11 Å². The minimum Gasteiger partial charge on any atom is -0.481 e. The maximum atomic E-state index is 13.2. The van der Waals surface area contributed by atoms with Crippen LogP contribution in [0.3, 0.4) is 0 Å². The number of rotatable bonds is 3. The lowest BCUT2D eigenvalue weighted by Crippen LogP contribution is -2.02. The summed E-state index contributed by atoms with van der Waals surface area (Å²) in [5.41, 5.74) is 0.563. The van der Waals surface area contributed by atoms with Crippen molar-refractivity contribution in [1.29, 1.82) is 0 Å². The molecule has 0 unspecified atom stereocenters. The monoisotopic (exact) mass is 266 g/mol. The van der Waals surface area contributed by atoms with Crippen molar-refractivity contribution in [2.45, 2.75) is 6.42 Å². The number of carboxylic acids is 1. The van der Waals surface area contributed by atoms with Gasteiger partial charge >= 0.3 is 5.97 Å². The summed E-state index contributed by atoms with van der Waals surface area (Å²) in [5, 5.41) is 8.77. The molecule has 0 radical (unpaired) electrons. The number of hydrogen-bond acceptors (Lipinski definition) is 1. The predicted octanol–water partition coefficient (Wildman–Crippen LogP) is 3.40. The van der Waals surface area contributed by atoms with Gasteiger partial charge in [-0.25, -0.2) is 13.2 Å². The molecule has 2 nitrogen and oxygen atoms in total. The van der Waals surface area contributed by atoms with Crippen molar-refractivity contribution in [3.8, 4) is 11.1 Å². The van der Waals surface area contributed by atoms with E-state index < -0.39 is 23.4 Å².